The average Bonchev–Trinajstić information content (AvgIpc) is 2.93. The van der Waals surface area contributed by atoms with E-state index in [1.165, 1.54) is 22.9 Å². The van der Waals surface area contributed by atoms with Gasteiger partial charge in [-0.25, -0.2) is 9.48 Å². The highest BCUT2D eigenvalue weighted by atomic mass is 35.5. The molecule has 3 aromatic rings. The number of hydrogen-bond acceptors (Lipinski definition) is 4. The molecule has 0 unspecified atom stereocenters. The molecule has 7 nitrogen and oxygen atoms in total. The number of nitro benzene ring substituents is 1. The summed E-state index contributed by atoms with van der Waals surface area (Å²) in [6.07, 6.45) is 0. The topological polar surface area (TPSA) is 98.3 Å². The third-order valence-corrected chi connectivity index (χ3v) is 3.98. The SMILES string of the molecule is Cc1c(C(=O)O)c(-c2cccc([N+](=O)[O-])c2)nn1-c1ccc(Cl)cc1. The van der Waals surface area contributed by atoms with Crippen LogP contribution in [-0.4, -0.2) is 25.8 Å². The average molecular weight is 358 g/mol. The van der Waals surface area contributed by atoms with E-state index in [9.17, 15) is 20.0 Å². The van der Waals surface area contributed by atoms with Crippen LogP contribution in [0.5, 0.6) is 0 Å². The Labute approximate surface area is 147 Å². The molecule has 0 spiro atoms. The maximum absolute atomic E-state index is 11.7. The largest absolute Gasteiger partial charge is 0.478 e. The lowest BCUT2D eigenvalue weighted by Crippen LogP contribution is -2.02. The Morgan fingerprint density at radius 2 is 1.92 bits per heavy atom. The number of carboxylic acids is 1. The van der Waals surface area contributed by atoms with Crippen LogP contribution in [0.2, 0.25) is 5.02 Å². The van der Waals surface area contributed by atoms with E-state index >= 15 is 0 Å². The zero-order chi connectivity index (χ0) is 18.1. The molecular formula is C17H12ClN3O4. The quantitative estimate of drug-likeness (QED) is 0.559. The molecule has 0 aliphatic rings. The Bertz CT molecular complexity index is 980. The summed E-state index contributed by atoms with van der Waals surface area (Å²) in [5, 5.41) is 25.5. The molecule has 8 heteroatoms. The highest BCUT2D eigenvalue weighted by Gasteiger charge is 2.23. The Morgan fingerprint density at radius 3 is 2.52 bits per heavy atom. The number of halogens is 1. The summed E-state index contributed by atoms with van der Waals surface area (Å²) in [4.78, 5) is 22.2. The Kier molecular flexibility index (Phi) is 4.24. The van der Waals surface area contributed by atoms with Gasteiger partial charge in [-0.2, -0.15) is 5.10 Å². The van der Waals surface area contributed by atoms with E-state index in [0.29, 0.717) is 22.0 Å². The predicted molar refractivity (Wildman–Crippen MR) is 92.4 cm³/mol. The van der Waals surface area contributed by atoms with Gasteiger partial charge in [-0.15, -0.1) is 0 Å². The van der Waals surface area contributed by atoms with Gasteiger partial charge in [0.2, 0.25) is 0 Å². The highest BCUT2D eigenvalue weighted by molar-refractivity contribution is 6.30. The Morgan fingerprint density at radius 1 is 1.24 bits per heavy atom. The number of aromatic nitrogens is 2. The second-order valence-corrected chi connectivity index (χ2v) is 5.75. The van der Waals surface area contributed by atoms with Crippen LogP contribution in [0.15, 0.2) is 48.5 Å². The van der Waals surface area contributed by atoms with Gasteiger partial charge in [0.1, 0.15) is 11.3 Å². The number of non-ortho nitro benzene ring substituents is 1. The van der Waals surface area contributed by atoms with E-state index in [1.807, 2.05) is 0 Å². The van der Waals surface area contributed by atoms with Gasteiger partial charge in [-0.1, -0.05) is 23.7 Å². The summed E-state index contributed by atoms with van der Waals surface area (Å²) in [5.74, 6) is -1.15. The number of hydrogen-bond donors (Lipinski definition) is 1. The molecule has 0 aliphatic carbocycles. The van der Waals surface area contributed by atoms with E-state index in [-0.39, 0.29) is 16.9 Å². The number of carboxylic acid groups (broad SMARTS) is 1. The molecule has 1 heterocycles. The fourth-order valence-corrected chi connectivity index (χ4v) is 2.69. The standard InChI is InChI=1S/C17H12ClN3O4/c1-10-15(17(22)23)16(11-3-2-4-14(9-11)21(24)25)19-20(10)13-7-5-12(18)6-8-13/h2-9H,1H3,(H,22,23). The fraction of sp³-hybridized carbons (Fsp3) is 0.0588. The normalized spacial score (nSPS) is 10.6. The van der Waals surface area contributed by atoms with Crippen molar-refractivity contribution in [3.63, 3.8) is 0 Å². The lowest BCUT2D eigenvalue weighted by Gasteiger charge is -2.04. The van der Waals surface area contributed by atoms with E-state index in [2.05, 4.69) is 5.10 Å². The Balaban J connectivity index is 2.22. The van der Waals surface area contributed by atoms with Crippen LogP contribution in [0.25, 0.3) is 16.9 Å². The first kappa shape index (κ1) is 16.7. The molecule has 2 aromatic carbocycles. The van der Waals surface area contributed by atoms with Crippen LogP contribution in [0.4, 0.5) is 5.69 Å². The van der Waals surface area contributed by atoms with Crippen molar-refractivity contribution in [1.29, 1.82) is 0 Å². The molecular weight excluding hydrogens is 346 g/mol. The van der Waals surface area contributed by atoms with E-state index in [1.54, 1.807) is 37.3 Å². The predicted octanol–water partition coefficient (Wildman–Crippen LogP) is 4.11. The van der Waals surface area contributed by atoms with Gasteiger partial charge in [0.05, 0.1) is 16.3 Å². The molecule has 0 fully saturated rings. The van der Waals surface area contributed by atoms with Crippen LogP contribution in [0, 0.1) is 17.0 Å². The van der Waals surface area contributed by atoms with Gasteiger partial charge < -0.3 is 5.11 Å². The summed E-state index contributed by atoms with van der Waals surface area (Å²) in [5.41, 5.74) is 1.45. The Hall–Kier alpha value is -3.19. The molecule has 0 aliphatic heterocycles. The second kappa shape index (κ2) is 6.37. The number of nitrogens with zero attached hydrogens (tertiary/aromatic N) is 3. The summed E-state index contributed by atoms with van der Waals surface area (Å²) in [7, 11) is 0. The van der Waals surface area contributed by atoms with Crippen molar-refractivity contribution >= 4 is 23.3 Å². The summed E-state index contributed by atoms with van der Waals surface area (Å²) in [6.45, 7) is 1.63. The zero-order valence-electron chi connectivity index (χ0n) is 13.0. The summed E-state index contributed by atoms with van der Waals surface area (Å²) in [6, 6.07) is 12.5. The first-order chi connectivity index (χ1) is 11.9. The number of rotatable bonds is 4. The van der Waals surface area contributed by atoms with E-state index in [0.717, 1.165) is 0 Å². The van der Waals surface area contributed by atoms with Crippen molar-refractivity contribution in [2.45, 2.75) is 6.92 Å². The van der Waals surface area contributed by atoms with Crippen LogP contribution in [0.1, 0.15) is 16.1 Å². The summed E-state index contributed by atoms with van der Waals surface area (Å²) < 4.78 is 1.48. The lowest BCUT2D eigenvalue weighted by molar-refractivity contribution is -0.384. The smallest absolute Gasteiger partial charge is 0.339 e. The van der Waals surface area contributed by atoms with Crippen molar-refractivity contribution in [2.24, 2.45) is 0 Å². The molecule has 0 amide bonds. The van der Waals surface area contributed by atoms with Gasteiger partial charge >= 0.3 is 5.97 Å². The monoisotopic (exact) mass is 357 g/mol. The van der Waals surface area contributed by atoms with Crippen LogP contribution >= 0.6 is 11.6 Å². The van der Waals surface area contributed by atoms with Crippen molar-refractivity contribution < 1.29 is 14.8 Å². The van der Waals surface area contributed by atoms with Gasteiger partial charge in [-0.3, -0.25) is 10.1 Å². The van der Waals surface area contributed by atoms with Crippen LogP contribution < -0.4 is 0 Å². The lowest BCUT2D eigenvalue weighted by atomic mass is 10.1. The van der Waals surface area contributed by atoms with Gasteiger partial charge in [0.25, 0.3) is 5.69 Å². The molecule has 3 rings (SSSR count). The third-order valence-electron chi connectivity index (χ3n) is 3.73. The third kappa shape index (κ3) is 3.09. The molecule has 1 aromatic heterocycles. The molecule has 0 radical (unpaired) electrons. The number of carbonyl (C=O) groups is 1. The van der Waals surface area contributed by atoms with Gasteiger partial charge in [0, 0.05) is 22.7 Å². The van der Waals surface area contributed by atoms with Crippen molar-refractivity contribution in [2.75, 3.05) is 0 Å². The fourth-order valence-electron chi connectivity index (χ4n) is 2.56. The number of aromatic carboxylic acids is 1. The van der Waals surface area contributed by atoms with Crippen molar-refractivity contribution in [1.82, 2.24) is 9.78 Å². The molecule has 0 saturated carbocycles. The van der Waals surface area contributed by atoms with E-state index < -0.39 is 10.9 Å². The van der Waals surface area contributed by atoms with Crippen LogP contribution in [-0.2, 0) is 0 Å². The van der Waals surface area contributed by atoms with Gasteiger partial charge in [0.15, 0.2) is 0 Å². The number of nitro groups is 1. The first-order valence-corrected chi connectivity index (χ1v) is 7.60. The maximum Gasteiger partial charge on any atom is 0.339 e. The highest BCUT2D eigenvalue weighted by Crippen LogP contribution is 2.29. The molecule has 1 N–H and O–H groups in total. The van der Waals surface area contributed by atoms with Crippen molar-refractivity contribution in [3.8, 4) is 16.9 Å². The summed E-state index contributed by atoms with van der Waals surface area (Å²) >= 11 is 5.88. The molecule has 0 atom stereocenters. The molecule has 126 valence electrons. The minimum absolute atomic E-state index is 0.00421. The zero-order valence-corrected chi connectivity index (χ0v) is 13.8. The molecule has 0 bridgehead atoms. The molecule has 25 heavy (non-hydrogen) atoms. The first-order valence-electron chi connectivity index (χ1n) is 7.22. The maximum atomic E-state index is 11.7. The minimum Gasteiger partial charge on any atom is -0.478 e. The second-order valence-electron chi connectivity index (χ2n) is 5.31. The van der Waals surface area contributed by atoms with Crippen molar-refractivity contribution in [3.05, 3.63) is 74.9 Å². The number of benzene rings is 2. The minimum atomic E-state index is -1.15. The van der Waals surface area contributed by atoms with Gasteiger partial charge in [-0.05, 0) is 31.2 Å². The van der Waals surface area contributed by atoms with Crippen LogP contribution in [0.3, 0.4) is 0 Å². The molecule has 0 saturated heterocycles. The van der Waals surface area contributed by atoms with E-state index in [4.69, 9.17) is 11.6 Å².